The van der Waals surface area contributed by atoms with Crippen molar-refractivity contribution >= 4 is 59.1 Å². The fourth-order valence-corrected chi connectivity index (χ4v) is 7.36. The molecule has 0 bridgehead atoms. The molecule has 2 aliphatic rings. The van der Waals surface area contributed by atoms with Gasteiger partial charge < -0.3 is 31.5 Å². The Bertz CT molecular complexity index is 2290. The fraction of sp³-hybridized carbons (Fsp3) is 0.413. The van der Waals surface area contributed by atoms with E-state index in [4.69, 9.17) is 5.73 Å². The fourth-order valence-electron chi connectivity index (χ4n) is 7.36. The summed E-state index contributed by atoms with van der Waals surface area (Å²) in [5, 5.41) is 8.52. The number of aromatic nitrogens is 1. The second-order valence-corrected chi connectivity index (χ2v) is 16.9. The number of carbonyl (C=O) groups is 6. The third kappa shape index (κ3) is 11.3. The monoisotopic (exact) mass is 861 g/mol. The van der Waals surface area contributed by atoms with Crippen molar-refractivity contribution in [1.29, 1.82) is 0 Å². The molecule has 63 heavy (non-hydrogen) atoms. The number of anilines is 1. The zero-order valence-corrected chi connectivity index (χ0v) is 37.5. The molecule has 5 N–H and O–H groups in total. The van der Waals surface area contributed by atoms with Crippen LogP contribution in [0.25, 0.3) is 0 Å². The number of amidine groups is 1. The SMILES string of the molecule is Cc1ccc(N=CN=C2C(=CN)CN(c3cc(C(=O)N[C@@H](Cc4ccccc4)C(=O)N4CCC[C@H]4C(=O)NC(C)(C)C(=O)N[C@H](C(=O)N(C)C)C(C)C)ccc3C)C(=O)N2C)cn1. The molecule has 0 spiro atoms. The van der Waals surface area contributed by atoms with Crippen LogP contribution < -0.4 is 26.6 Å². The van der Waals surface area contributed by atoms with Gasteiger partial charge in [-0.2, -0.15) is 0 Å². The Morgan fingerprint density at radius 3 is 2.37 bits per heavy atom. The summed E-state index contributed by atoms with van der Waals surface area (Å²) in [7, 11) is 4.79. The number of likely N-dealkylation sites (N-methyl/N-ethyl adjacent to an activating group) is 2. The molecule has 2 saturated heterocycles. The zero-order chi connectivity index (χ0) is 46.2. The molecule has 0 aliphatic carbocycles. The highest BCUT2D eigenvalue weighted by Gasteiger charge is 2.42. The van der Waals surface area contributed by atoms with Gasteiger partial charge in [-0.15, -0.1) is 0 Å². The quantitative estimate of drug-likeness (QED) is 0.138. The van der Waals surface area contributed by atoms with E-state index in [9.17, 15) is 28.8 Å². The number of hydrogen-bond acceptors (Lipinski definition) is 9. The van der Waals surface area contributed by atoms with Crippen LogP contribution in [0.1, 0.15) is 67.7 Å². The molecule has 334 valence electrons. The molecule has 0 radical (unpaired) electrons. The van der Waals surface area contributed by atoms with Gasteiger partial charge in [-0.3, -0.25) is 38.8 Å². The Hall–Kier alpha value is -6.91. The number of amides is 7. The Kier molecular flexibility index (Phi) is 15.2. The predicted octanol–water partition coefficient (Wildman–Crippen LogP) is 3.63. The number of aliphatic imine (C=N–C) groups is 2. The molecule has 2 aliphatic heterocycles. The summed E-state index contributed by atoms with van der Waals surface area (Å²) in [6, 6.07) is 14.6. The van der Waals surface area contributed by atoms with E-state index in [1.54, 1.807) is 65.5 Å². The molecule has 3 aromatic rings. The minimum Gasteiger partial charge on any atom is -0.404 e. The Labute approximate surface area is 368 Å². The van der Waals surface area contributed by atoms with E-state index in [0.717, 1.165) is 11.3 Å². The number of nitrogens with one attached hydrogen (secondary N) is 3. The lowest BCUT2D eigenvalue weighted by molar-refractivity contribution is -0.142. The number of urea groups is 1. The van der Waals surface area contributed by atoms with Crippen LogP contribution in [-0.4, -0.2) is 125 Å². The van der Waals surface area contributed by atoms with Crippen molar-refractivity contribution in [3.63, 3.8) is 0 Å². The first-order chi connectivity index (χ1) is 29.8. The average Bonchev–Trinajstić information content (AvgIpc) is 3.75. The molecule has 0 saturated carbocycles. The third-order valence-corrected chi connectivity index (χ3v) is 11.1. The molecular formula is C46H59N11O6. The van der Waals surface area contributed by atoms with Gasteiger partial charge in [0.2, 0.25) is 23.6 Å². The number of nitrogens with zero attached hydrogens (tertiary/aromatic N) is 7. The maximum Gasteiger partial charge on any atom is 0.330 e. The number of hydrogen-bond donors (Lipinski definition) is 4. The van der Waals surface area contributed by atoms with Gasteiger partial charge in [-0.25, -0.2) is 14.8 Å². The van der Waals surface area contributed by atoms with Gasteiger partial charge in [-0.05, 0) is 81.8 Å². The van der Waals surface area contributed by atoms with Gasteiger partial charge in [0.25, 0.3) is 5.91 Å². The van der Waals surface area contributed by atoms with E-state index in [1.165, 1.54) is 32.1 Å². The van der Waals surface area contributed by atoms with Crippen LogP contribution in [0.3, 0.4) is 0 Å². The van der Waals surface area contributed by atoms with Crippen LogP contribution in [0.2, 0.25) is 0 Å². The Balaban J connectivity index is 1.35. The molecular weight excluding hydrogens is 803 g/mol. The molecule has 1 aromatic heterocycles. The van der Waals surface area contributed by atoms with E-state index in [-0.39, 0.29) is 36.9 Å². The molecule has 3 atom stereocenters. The molecule has 7 amide bonds. The zero-order valence-electron chi connectivity index (χ0n) is 37.5. The second-order valence-electron chi connectivity index (χ2n) is 16.9. The summed E-state index contributed by atoms with van der Waals surface area (Å²) in [6.45, 7) is 10.7. The molecule has 3 heterocycles. The van der Waals surface area contributed by atoms with Crippen molar-refractivity contribution in [1.82, 2.24) is 35.6 Å². The molecule has 0 unspecified atom stereocenters. The van der Waals surface area contributed by atoms with Crippen LogP contribution >= 0.6 is 0 Å². The average molecular weight is 862 g/mol. The van der Waals surface area contributed by atoms with Crippen LogP contribution in [0.4, 0.5) is 16.2 Å². The van der Waals surface area contributed by atoms with E-state index < -0.39 is 53.3 Å². The predicted molar refractivity (Wildman–Crippen MR) is 242 cm³/mol. The largest absolute Gasteiger partial charge is 0.404 e. The van der Waals surface area contributed by atoms with Gasteiger partial charge in [0.05, 0.1) is 18.4 Å². The lowest BCUT2D eigenvalue weighted by Gasteiger charge is -2.36. The molecule has 2 aromatic carbocycles. The van der Waals surface area contributed by atoms with Gasteiger partial charge >= 0.3 is 6.03 Å². The summed E-state index contributed by atoms with van der Waals surface area (Å²) in [5.74, 6) is -2.27. The van der Waals surface area contributed by atoms with E-state index in [1.807, 2.05) is 64.1 Å². The first-order valence-electron chi connectivity index (χ1n) is 20.9. The summed E-state index contributed by atoms with van der Waals surface area (Å²) in [5.41, 5.74) is 8.76. The number of aryl methyl sites for hydroxylation is 2. The topological polar surface area (TPSA) is 215 Å². The number of carbonyl (C=O) groups excluding carboxylic acids is 6. The molecule has 5 rings (SSSR count). The minimum atomic E-state index is -1.43. The maximum absolute atomic E-state index is 14.5. The summed E-state index contributed by atoms with van der Waals surface area (Å²) in [4.78, 5) is 101. The van der Waals surface area contributed by atoms with Gasteiger partial charge in [-0.1, -0.05) is 50.2 Å². The summed E-state index contributed by atoms with van der Waals surface area (Å²) >= 11 is 0. The van der Waals surface area contributed by atoms with Gasteiger partial charge in [0.1, 0.15) is 35.8 Å². The first kappa shape index (κ1) is 47.1. The standard InChI is InChI=1S/C46H59N11O6/c1-28(2)38(43(61)54(7)8)52-44(62)46(5,6)53-41(59)36-16-13-21-56(36)42(60)35(22-31-14-11-10-12-15-31)51-40(58)32-19-17-29(3)37(23-32)57-26-33(24-47)39(55(9)45(57)63)50-27-49-34-20-18-30(4)48-25-34/h10-12,14-15,17-20,23-25,27-28,35-36,38H,13,16,21-22,26,47H2,1-9H3,(H,51,58)(H,52,62)(H,53,59)/t35-,36-,38-/m0/s1. The van der Waals surface area contributed by atoms with Crippen LogP contribution in [0, 0.1) is 19.8 Å². The van der Waals surface area contributed by atoms with Gasteiger partial charge in [0, 0.05) is 62.8 Å². The van der Waals surface area contributed by atoms with Crippen LogP contribution in [0.15, 0.2) is 88.6 Å². The van der Waals surface area contributed by atoms with Crippen molar-refractivity contribution in [2.45, 2.75) is 84.5 Å². The third-order valence-electron chi connectivity index (χ3n) is 11.1. The van der Waals surface area contributed by atoms with Crippen molar-refractivity contribution in [3.05, 3.63) is 101 Å². The van der Waals surface area contributed by atoms with E-state index in [0.29, 0.717) is 41.2 Å². The van der Waals surface area contributed by atoms with Crippen LogP contribution in [-0.2, 0) is 25.6 Å². The number of pyridine rings is 1. The van der Waals surface area contributed by atoms with Crippen molar-refractivity contribution in [2.24, 2.45) is 21.6 Å². The van der Waals surface area contributed by atoms with Crippen LogP contribution in [0.5, 0.6) is 0 Å². The number of rotatable bonds is 14. The summed E-state index contributed by atoms with van der Waals surface area (Å²) in [6.07, 6.45) is 5.33. The highest BCUT2D eigenvalue weighted by Crippen LogP contribution is 2.28. The Morgan fingerprint density at radius 2 is 1.73 bits per heavy atom. The number of likely N-dealkylation sites (tertiary alicyclic amines) is 1. The second kappa shape index (κ2) is 20.3. The molecule has 2 fully saturated rings. The Morgan fingerprint density at radius 1 is 1.02 bits per heavy atom. The van der Waals surface area contributed by atoms with Crippen molar-refractivity contribution in [3.8, 4) is 0 Å². The molecule has 17 heteroatoms. The van der Waals surface area contributed by atoms with E-state index in [2.05, 4.69) is 30.9 Å². The van der Waals surface area contributed by atoms with Crippen molar-refractivity contribution < 1.29 is 28.8 Å². The number of nitrogens with two attached hydrogens (primary N) is 1. The first-order valence-corrected chi connectivity index (χ1v) is 20.9. The van der Waals surface area contributed by atoms with Gasteiger partial charge in [0.15, 0.2) is 0 Å². The van der Waals surface area contributed by atoms with Crippen molar-refractivity contribution in [2.75, 3.05) is 39.1 Å². The summed E-state index contributed by atoms with van der Waals surface area (Å²) < 4.78 is 0. The van der Waals surface area contributed by atoms with E-state index >= 15 is 0 Å². The highest BCUT2D eigenvalue weighted by molar-refractivity contribution is 6.17. The number of benzene rings is 2. The highest BCUT2D eigenvalue weighted by atomic mass is 16.2. The minimum absolute atomic E-state index is 0.0584. The molecule has 17 nitrogen and oxygen atoms in total. The maximum atomic E-state index is 14.5. The lowest BCUT2D eigenvalue weighted by Crippen LogP contribution is -2.62. The lowest BCUT2D eigenvalue weighted by atomic mass is 9.98. The smallest absolute Gasteiger partial charge is 0.330 e. The normalized spacial score (nSPS) is 17.9.